The van der Waals surface area contributed by atoms with Gasteiger partial charge in [0.2, 0.25) is 5.91 Å². The summed E-state index contributed by atoms with van der Waals surface area (Å²) in [4.78, 5) is 25.4. The van der Waals surface area contributed by atoms with E-state index in [9.17, 15) is 4.79 Å². The molecule has 1 aliphatic heterocycles. The van der Waals surface area contributed by atoms with Crippen molar-refractivity contribution in [2.24, 2.45) is 0 Å². The largest absolute Gasteiger partial charge is 0.367 e. The molecule has 4 aromatic rings. The predicted molar refractivity (Wildman–Crippen MR) is 156 cm³/mol. The van der Waals surface area contributed by atoms with Crippen LogP contribution >= 0.6 is 0 Å². The second kappa shape index (κ2) is 11.1. The number of carbonyl (C=O) groups is 1. The zero-order valence-corrected chi connectivity index (χ0v) is 22.3. The number of aromatic nitrogens is 4. The van der Waals surface area contributed by atoms with Crippen LogP contribution in [0.3, 0.4) is 0 Å². The molecule has 1 fully saturated rings. The van der Waals surface area contributed by atoms with Crippen molar-refractivity contribution in [3.05, 3.63) is 72.5 Å². The summed E-state index contributed by atoms with van der Waals surface area (Å²) in [6, 6.07) is 12.5. The van der Waals surface area contributed by atoms with Gasteiger partial charge in [0.05, 0.1) is 16.7 Å². The molecule has 1 amide bonds. The Morgan fingerprint density at radius 2 is 1.97 bits per heavy atom. The zero-order valence-electron chi connectivity index (χ0n) is 22.3. The van der Waals surface area contributed by atoms with E-state index >= 15 is 0 Å². The Hall–Kier alpha value is -4.17. The number of imidazole rings is 1. The highest BCUT2D eigenvalue weighted by Gasteiger charge is 2.20. The fourth-order valence-electron chi connectivity index (χ4n) is 4.90. The van der Waals surface area contributed by atoms with Crippen LogP contribution in [0.25, 0.3) is 39.0 Å². The Labute approximate surface area is 223 Å². The van der Waals surface area contributed by atoms with Crippen molar-refractivity contribution >= 4 is 39.1 Å². The third-order valence-electron chi connectivity index (χ3n) is 7.06. The molecule has 5 rings (SSSR count). The molecular weight excluding hydrogens is 474 g/mol. The molecule has 196 valence electrons. The zero-order chi connectivity index (χ0) is 26.6. The van der Waals surface area contributed by atoms with Gasteiger partial charge in [0.15, 0.2) is 5.82 Å². The van der Waals surface area contributed by atoms with E-state index in [2.05, 4.69) is 74.3 Å². The van der Waals surface area contributed by atoms with Crippen LogP contribution in [0, 0.1) is 0 Å². The number of rotatable bonds is 8. The van der Waals surface area contributed by atoms with Crippen molar-refractivity contribution in [1.29, 1.82) is 0 Å². The van der Waals surface area contributed by atoms with Crippen LogP contribution in [-0.2, 0) is 4.79 Å². The smallest absolute Gasteiger partial charge is 0.224 e. The van der Waals surface area contributed by atoms with Crippen molar-refractivity contribution in [1.82, 2.24) is 30.4 Å². The molecule has 3 N–H and O–H groups in total. The summed E-state index contributed by atoms with van der Waals surface area (Å²) in [5.41, 5.74) is 7.51. The van der Waals surface area contributed by atoms with Gasteiger partial charge in [-0.25, -0.2) is 4.98 Å². The van der Waals surface area contributed by atoms with Gasteiger partial charge in [0, 0.05) is 43.7 Å². The quantitative estimate of drug-likeness (QED) is 0.282. The Morgan fingerprint density at radius 1 is 1.16 bits per heavy atom. The second-order valence-corrected chi connectivity index (χ2v) is 9.73. The van der Waals surface area contributed by atoms with Gasteiger partial charge in [-0.1, -0.05) is 31.7 Å². The van der Waals surface area contributed by atoms with Crippen molar-refractivity contribution in [2.45, 2.75) is 26.7 Å². The van der Waals surface area contributed by atoms with E-state index in [-0.39, 0.29) is 5.91 Å². The number of nitrogens with zero attached hydrogens (tertiary/aromatic N) is 4. The van der Waals surface area contributed by atoms with Gasteiger partial charge in [-0.2, -0.15) is 5.10 Å². The number of hydrogen-bond donors (Lipinski definition) is 3. The number of nitrogens with one attached hydrogen (secondary N) is 3. The molecule has 3 heterocycles. The van der Waals surface area contributed by atoms with Crippen LogP contribution in [0.15, 0.2) is 66.9 Å². The normalized spacial score (nSPS) is 15.4. The highest BCUT2D eigenvalue weighted by molar-refractivity contribution is 5.97. The topological polar surface area (TPSA) is 92.9 Å². The number of piperazine rings is 1. The van der Waals surface area contributed by atoms with Crippen molar-refractivity contribution in [2.75, 3.05) is 38.1 Å². The lowest BCUT2D eigenvalue weighted by Crippen LogP contribution is -2.44. The minimum absolute atomic E-state index is 0.0116. The van der Waals surface area contributed by atoms with E-state index in [1.807, 2.05) is 32.1 Å². The van der Waals surface area contributed by atoms with E-state index in [1.54, 1.807) is 6.08 Å². The monoisotopic (exact) mass is 509 g/mol. The lowest BCUT2D eigenvalue weighted by molar-refractivity contribution is -0.120. The number of benzene rings is 2. The molecular formula is C30H35N7O. The molecule has 2 aromatic heterocycles. The first-order valence-corrected chi connectivity index (χ1v) is 13.2. The van der Waals surface area contributed by atoms with Crippen molar-refractivity contribution in [3.63, 3.8) is 0 Å². The third-order valence-corrected chi connectivity index (χ3v) is 7.06. The number of likely N-dealkylation sites (N-methyl/N-ethyl adjacent to an activating group) is 1. The summed E-state index contributed by atoms with van der Waals surface area (Å²) < 4.78 is 0. The Bertz CT molecular complexity index is 1530. The number of para-hydroxylation sites is 1. The van der Waals surface area contributed by atoms with Crippen LogP contribution in [-0.4, -0.2) is 64.2 Å². The molecule has 8 nitrogen and oxygen atoms in total. The van der Waals surface area contributed by atoms with Crippen LogP contribution in [0.1, 0.15) is 32.3 Å². The summed E-state index contributed by atoms with van der Waals surface area (Å²) in [6.07, 6.45) is 6.93. The van der Waals surface area contributed by atoms with E-state index in [0.29, 0.717) is 12.1 Å². The standard InChI is InChI=1S/C30H35N7O/c1-5-9-27(38)31-22(7-3)18-20(6-2)21-12-13-24-23(19-21)28(35-34-24)30-32-25-10-8-11-26(29(25)33-30)37-16-14-36(4)15-17-37/h6-8,10-13,18-19H,3,5,9,14-17H2,1-2,4H3,(H,31,38)(H,32,33)(H,34,35)/b20-6+,22-18+. The maximum Gasteiger partial charge on any atom is 0.224 e. The summed E-state index contributed by atoms with van der Waals surface area (Å²) in [7, 11) is 2.16. The molecule has 38 heavy (non-hydrogen) atoms. The Morgan fingerprint density at radius 3 is 2.71 bits per heavy atom. The van der Waals surface area contributed by atoms with Crippen molar-refractivity contribution in [3.8, 4) is 11.5 Å². The number of carbonyl (C=O) groups excluding carboxylic acids is 1. The fraction of sp³-hybridized carbons (Fsp3) is 0.300. The van der Waals surface area contributed by atoms with Crippen LogP contribution in [0.2, 0.25) is 0 Å². The van der Waals surface area contributed by atoms with Gasteiger partial charge >= 0.3 is 0 Å². The highest BCUT2D eigenvalue weighted by atomic mass is 16.1. The number of aromatic amines is 2. The van der Waals surface area contributed by atoms with E-state index in [1.165, 1.54) is 0 Å². The molecule has 2 aromatic carbocycles. The average molecular weight is 510 g/mol. The summed E-state index contributed by atoms with van der Waals surface area (Å²) in [6.45, 7) is 11.9. The molecule has 0 unspecified atom stereocenters. The van der Waals surface area contributed by atoms with Crippen LogP contribution in [0.4, 0.5) is 5.69 Å². The molecule has 0 radical (unpaired) electrons. The highest BCUT2D eigenvalue weighted by Crippen LogP contribution is 2.32. The Kier molecular flexibility index (Phi) is 7.42. The average Bonchev–Trinajstić information content (AvgIpc) is 3.55. The molecule has 8 heteroatoms. The summed E-state index contributed by atoms with van der Waals surface area (Å²) >= 11 is 0. The molecule has 0 aliphatic carbocycles. The van der Waals surface area contributed by atoms with Crippen LogP contribution in [0.5, 0.6) is 0 Å². The van der Waals surface area contributed by atoms with Gasteiger partial charge in [-0.15, -0.1) is 0 Å². The minimum atomic E-state index is -0.0116. The maximum absolute atomic E-state index is 12.1. The first-order chi connectivity index (χ1) is 18.5. The number of hydrogen-bond acceptors (Lipinski definition) is 5. The van der Waals surface area contributed by atoms with Gasteiger partial charge in [0.25, 0.3) is 0 Å². The number of amides is 1. The molecule has 0 saturated carbocycles. The van der Waals surface area contributed by atoms with E-state index in [4.69, 9.17) is 4.98 Å². The van der Waals surface area contributed by atoms with E-state index in [0.717, 1.165) is 82.9 Å². The second-order valence-electron chi connectivity index (χ2n) is 9.73. The lowest BCUT2D eigenvalue weighted by atomic mass is 10.0. The number of anilines is 1. The number of allylic oxidation sites excluding steroid dienone is 4. The SMILES string of the molecule is C=C/C(=C\C(=C/C)c1ccc2[nH]nc(-c3nc4c(N5CCN(C)CC5)cccc4[nH]3)c2c1)NC(=O)CCC. The Balaban J connectivity index is 1.50. The summed E-state index contributed by atoms with van der Waals surface area (Å²) in [5.74, 6) is 0.726. The first-order valence-electron chi connectivity index (χ1n) is 13.2. The van der Waals surface area contributed by atoms with Gasteiger partial charge in [-0.3, -0.25) is 9.89 Å². The predicted octanol–water partition coefficient (Wildman–Crippen LogP) is 5.25. The van der Waals surface area contributed by atoms with Gasteiger partial charge < -0.3 is 20.1 Å². The number of fused-ring (bicyclic) bond motifs is 2. The third kappa shape index (κ3) is 5.13. The minimum Gasteiger partial charge on any atom is -0.367 e. The van der Waals surface area contributed by atoms with E-state index < -0.39 is 0 Å². The maximum atomic E-state index is 12.1. The fourth-order valence-corrected chi connectivity index (χ4v) is 4.90. The van der Waals surface area contributed by atoms with Crippen LogP contribution < -0.4 is 10.2 Å². The molecule has 1 aliphatic rings. The number of H-pyrrole nitrogens is 2. The van der Waals surface area contributed by atoms with Gasteiger partial charge in [0.1, 0.15) is 11.2 Å². The first kappa shape index (κ1) is 25.5. The summed E-state index contributed by atoms with van der Waals surface area (Å²) in [5, 5.41) is 11.7. The molecule has 0 atom stereocenters. The molecule has 0 spiro atoms. The van der Waals surface area contributed by atoms with Gasteiger partial charge in [-0.05, 0) is 67.9 Å². The van der Waals surface area contributed by atoms with Crippen molar-refractivity contribution < 1.29 is 4.79 Å². The molecule has 1 saturated heterocycles. The lowest BCUT2D eigenvalue weighted by Gasteiger charge is -2.34. The molecule has 0 bridgehead atoms.